The largest absolute Gasteiger partial charge is 0.378 e. The molecule has 2 unspecified atom stereocenters. The van der Waals surface area contributed by atoms with E-state index >= 15 is 0 Å². The van der Waals surface area contributed by atoms with E-state index in [2.05, 4.69) is 12.4 Å². The number of unbranched alkanes of at least 4 members (excludes halogenated alkanes) is 2. The van der Waals surface area contributed by atoms with E-state index in [1.165, 1.54) is 57.8 Å². The quantitative estimate of drug-likeness (QED) is 0.641. The third kappa shape index (κ3) is 4.06. The molecular weight excluding hydrogens is 198 g/mol. The Kier molecular flexibility index (Phi) is 5.11. The molecule has 0 aromatic carbocycles. The van der Waals surface area contributed by atoms with Gasteiger partial charge in [-0.1, -0.05) is 19.3 Å². The van der Waals surface area contributed by atoms with E-state index in [1.54, 1.807) is 0 Å². The summed E-state index contributed by atoms with van der Waals surface area (Å²) in [5.74, 6) is 1.00. The van der Waals surface area contributed by atoms with E-state index in [-0.39, 0.29) is 0 Å². The fourth-order valence-electron chi connectivity index (χ4n) is 2.90. The molecule has 1 saturated carbocycles. The van der Waals surface area contributed by atoms with Crippen molar-refractivity contribution >= 4 is 0 Å². The van der Waals surface area contributed by atoms with Crippen molar-refractivity contribution in [1.82, 2.24) is 5.32 Å². The van der Waals surface area contributed by atoms with Crippen molar-refractivity contribution in [1.29, 1.82) is 0 Å². The van der Waals surface area contributed by atoms with Gasteiger partial charge in [-0.2, -0.15) is 0 Å². The number of hydrogen-bond acceptors (Lipinski definition) is 2. The minimum atomic E-state index is 0.600. The fourth-order valence-corrected chi connectivity index (χ4v) is 2.90. The molecule has 2 heteroatoms. The molecule has 2 fully saturated rings. The first-order chi connectivity index (χ1) is 7.90. The zero-order chi connectivity index (χ0) is 11.2. The summed E-state index contributed by atoms with van der Waals surface area (Å²) in [7, 11) is 2.12. The SMILES string of the molecule is CNC(CCCCCC1CCCO1)C1CC1. The lowest BCUT2D eigenvalue weighted by Crippen LogP contribution is -2.27. The Morgan fingerprint density at radius 1 is 1.19 bits per heavy atom. The van der Waals surface area contributed by atoms with Gasteiger partial charge in [-0.05, 0) is 51.5 Å². The number of rotatable bonds is 8. The molecule has 0 spiro atoms. The van der Waals surface area contributed by atoms with Crippen LogP contribution in [0.25, 0.3) is 0 Å². The second kappa shape index (κ2) is 6.61. The Hall–Kier alpha value is -0.0800. The zero-order valence-electron chi connectivity index (χ0n) is 10.7. The second-order valence-electron chi connectivity index (χ2n) is 5.51. The van der Waals surface area contributed by atoms with Gasteiger partial charge in [0.2, 0.25) is 0 Å². The second-order valence-corrected chi connectivity index (χ2v) is 5.51. The smallest absolute Gasteiger partial charge is 0.0576 e. The lowest BCUT2D eigenvalue weighted by molar-refractivity contribution is 0.102. The first-order valence-corrected chi connectivity index (χ1v) is 7.19. The van der Waals surface area contributed by atoms with Crippen molar-refractivity contribution in [3.8, 4) is 0 Å². The van der Waals surface area contributed by atoms with E-state index in [9.17, 15) is 0 Å². The maximum absolute atomic E-state index is 5.64. The molecule has 2 atom stereocenters. The Morgan fingerprint density at radius 3 is 2.69 bits per heavy atom. The maximum Gasteiger partial charge on any atom is 0.0576 e. The highest BCUT2D eigenvalue weighted by Gasteiger charge is 2.29. The summed E-state index contributed by atoms with van der Waals surface area (Å²) in [6.07, 6.45) is 13.0. The van der Waals surface area contributed by atoms with Gasteiger partial charge >= 0.3 is 0 Å². The van der Waals surface area contributed by atoms with Gasteiger partial charge in [0.25, 0.3) is 0 Å². The van der Waals surface area contributed by atoms with Gasteiger partial charge in [0.05, 0.1) is 6.10 Å². The van der Waals surface area contributed by atoms with Crippen LogP contribution >= 0.6 is 0 Å². The van der Waals surface area contributed by atoms with E-state index in [4.69, 9.17) is 4.74 Å². The molecule has 2 rings (SSSR count). The number of ether oxygens (including phenoxy) is 1. The van der Waals surface area contributed by atoms with Gasteiger partial charge in [-0.25, -0.2) is 0 Å². The molecule has 1 aliphatic carbocycles. The van der Waals surface area contributed by atoms with Crippen LogP contribution in [0.3, 0.4) is 0 Å². The Balaban J connectivity index is 1.44. The standard InChI is InChI=1S/C14H27NO/c1-15-14(12-9-10-12)8-4-2-3-6-13-7-5-11-16-13/h12-15H,2-11H2,1H3. The average Bonchev–Trinajstić information content (AvgIpc) is 3.01. The first-order valence-electron chi connectivity index (χ1n) is 7.19. The molecule has 0 aromatic heterocycles. The van der Waals surface area contributed by atoms with Crippen LogP contribution in [0, 0.1) is 5.92 Å². The van der Waals surface area contributed by atoms with Crippen molar-refractivity contribution in [2.24, 2.45) is 5.92 Å². The molecule has 0 amide bonds. The van der Waals surface area contributed by atoms with Gasteiger partial charge in [-0.15, -0.1) is 0 Å². The molecule has 16 heavy (non-hydrogen) atoms. The topological polar surface area (TPSA) is 21.3 Å². The van der Waals surface area contributed by atoms with Gasteiger partial charge in [0, 0.05) is 12.6 Å². The van der Waals surface area contributed by atoms with Crippen LogP contribution in [0.15, 0.2) is 0 Å². The van der Waals surface area contributed by atoms with Crippen molar-refractivity contribution in [2.45, 2.75) is 69.9 Å². The van der Waals surface area contributed by atoms with Gasteiger partial charge in [0.15, 0.2) is 0 Å². The third-order valence-electron chi connectivity index (χ3n) is 4.13. The lowest BCUT2D eigenvalue weighted by Gasteiger charge is -2.15. The Labute approximate surface area is 100 Å². The van der Waals surface area contributed by atoms with E-state index in [0.717, 1.165) is 18.6 Å². The van der Waals surface area contributed by atoms with Gasteiger partial charge in [-0.3, -0.25) is 0 Å². The number of nitrogens with one attached hydrogen (secondary N) is 1. The molecule has 2 nitrogen and oxygen atoms in total. The summed E-state index contributed by atoms with van der Waals surface area (Å²) in [4.78, 5) is 0. The van der Waals surface area contributed by atoms with E-state index in [0.29, 0.717) is 6.10 Å². The summed E-state index contributed by atoms with van der Waals surface area (Å²) < 4.78 is 5.64. The molecule has 2 aliphatic rings. The molecule has 0 radical (unpaired) electrons. The van der Waals surface area contributed by atoms with Gasteiger partial charge < -0.3 is 10.1 Å². The van der Waals surface area contributed by atoms with E-state index in [1.807, 2.05) is 0 Å². The third-order valence-corrected chi connectivity index (χ3v) is 4.13. The van der Waals surface area contributed by atoms with Crippen LogP contribution in [-0.2, 0) is 4.74 Å². The molecule has 1 heterocycles. The molecule has 0 bridgehead atoms. The highest BCUT2D eigenvalue weighted by molar-refractivity contribution is 4.85. The van der Waals surface area contributed by atoms with Crippen LogP contribution in [0.4, 0.5) is 0 Å². The van der Waals surface area contributed by atoms with Crippen molar-refractivity contribution in [2.75, 3.05) is 13.7 Å². The molecule has 0 aromatic rings. The minimum absolute atomic E-state index is 0.600. The van der Waals surface area contributed by atoms with Crippen LogP contribution in [0.1, 0.15) is 57.8 Å². The minimum Gasteiger partial charge on any atom is -0.378 e. The predicted molar refractivity (Wildman–Crippen MR) is 67.6 cm³/mol. The summed E-state index contributed by atoms with van der Waals surface area (Å²) >= 11 is 0. The highest BCUT2D eigenvalue weighted by atomic mass is 16.5. The summed E-state index contributed by atoms with van der Waals surface area (Å²) in [5.41, 5.74) is 0. The summed E-state index contributed by atoms with van der Waals surface area (Å²) in [5, 5.41) is 3.47. The molecule has 1 N–H and O–H groups in total. The molecule has 1 aliphatic heterocycles. The van der Waals surface area contributed by atoms with Crippen molar-refractivity contribution < 1.29 is 4.74 Å². The summed E-state index contributed by atoms with van der Waals surface area (Å²) in [6, 6.07) is 0.808. The lowest BCUT2D eigenvalue weighted by atomic mass is 10.0. The molecule has 94 valence electrons. The van der Waals surface area contributed by atoms with Crippen LogP contribution in [-0.4, -0.2) is 25.8 Å². The monoisotopic (exact) mass is 225 g/mol. The van der Waals surface area contributed by atoms with E-state index < -0.39 is 0 Å². The zero-order valence-corrected chi connectivity index (χ0v) is 10.7. The van der Waals surface area contributed by atoms with Crippen molar-refractivity contribution in [3.63, 3.8) is 0 Å². The Morgan fingerprint density at radius 2 is 2.06 bits per heavy atom. The summed E-state index contributed by atoms with van der Waals surface area (Å²) in [6.45, 7) is 1.01. The van der Waals surface area contributed by atoms with Crippen LogP contribution in [0.2, 0.25) is 0 Å². The first kappa shape index (κ1) is 12.4. The van der Waals surface area contributed by atoms with Crippen molar-refractivity contribution in [3.05, 3.63) is 0 Å². The Bertz CT molecular complexity index is 185. The normalized spacial score (nSPS) is 27.2. The predicted octanol–water partition coefficient (Wildman–Crippen LogP) is 3.11. The average molecular weight is 225 g/mol. The maximum atomic E-state index is 5.64. The van der Waals surface area contributed by atoms with Crippen LogP contribution < -0.4 is 5.32 Å². The van der Waals surface area contributed by atoms with Crippen LogP contribution in [0.5, 0.6) is 0 Å². The molecular formula is C14H27NO. The number of hydrogen-bond donors (Lipinski definition) is 1. The highest BCUT2D eigenvalue weighted by Crippen LogP contribution is 2.34. The molecule has 1 saturated heterocycles. The van der Waals surface area contributed by atoms with Gasteiger partial charge in [0.1, 0.15) is 0 Å². The fraction of sp³-hybridized carbons (Fsp3) is 1.00.